The van der Waals surface area contributed by atoms with Crippen LogP contribution in [0.3, 0.4) is 0 Å². The van der Waals surface area contributed by atoms with Gasteiger partial charge >= 0.3 is 12.1 Å². The van der Waals surface area contributed by atoms with Crippen molar-refractivity contribution in [2.75, 3.05) is 0 Å². The molecule has 64 valence electrons. The Morgan fingerprint density at radius 1 is 1.45 bits per heavy atom. The second-order valence-corrected chi connectivity index (χ2v) is 2.62. The van der Waals surface area contributed by atoms with E-state index in [4.69, 9.17) is 5.11 Å². The highest BCUT2D eigenvalue weighted by Gasteiger charge is 2.46. The maximum absolute atomic E-state index is 10.1. The van der Waals surface area contributed by atoms with Crippen molar-refractivity contribution in [3.8, 4) is 0 Å². The van der Waals surface area contributed by atoms with Gasteiger partial charge in [-0.15, -0.1) is 0 Å². The Hall–Kier alpha value is -0.770. The van der Waals surface area contributed by atoms with Gasteiger partial charge in [0.05, 0.1) is 6.42 Å². The Morgan fingerprint density at radius 3 is 2.55 bits per heavy atom. The van der Waals surface area contributed by atoms with Crippen molar-refractivity contribution >= 4 is 6.16 Å². The molecule has 0 aromatic rings. The molecule has 0 saturated carbocycles. The average molecular weight is 160 g/mol. The van der Waals surface area contributed by atoms with Crippen molar-refractivity contribution in [3.63, 3.8) is 0 Å². The molecule has 11 heavy (non-hydrogen) atoms. The highest BCUT2D eigenvalue weighted by atomic mass is 17.0. The molecular formula is C7H12O4. The smallest absolute Gasteiger partial charge is 0.365 e. The van der Waals surface area contributed by atoms with Gasteiger partial charge < -0.3 is 14.6 Å². The number of rotatable bonds is 4. The van der Waals surface area contributed by atoms with Gasteiger partial charge in [-0.2, -0.15) is 0 Å². The van der Waals surface area contributed by atoms with Crippen LogP contribution in [0.5, 0.6) is 0 Å². The van der Waals surface area contributed by atoms with Crippen LogP contribution in [0.4, 0.5) is 4.79 Å². The Labute approximate surface area is 65.1 Å². The minimum Gasteiger partial charge on any atom is -0.365 e. The maximum Gasteiger partial charge on any atom is 0.518 e. The lowest BCUT2D eigenvalue weighted by atomic mass is 10.2. The van der Waals surface area contributed by atoms with E-state index in [9.17, 15) is 4.79 Å². The minimum atomic E-state index is -1.60. The van der Waals surface area contributed by atoms with Gasteiger partial charge in [0.15, 0.2) is 0 Å². The molecule has 0 aliphatic carbocycles. The topological polar surface area (TPSA) is 55.8 Å². The normalized spacial score (nSPS) is 20.0. The van der Waals surface area contributed by atoms with Crippen molar-refractivity contribution in [2.24, 2.45) is 0 Å². The van der Waals surface area contributed by atoms with Crippen LogP contribution >= 0.6 is 0 Å². The number of ether oxygens (including phenoxy) is 2. The third-order valence-corrected chi connectivity index (χ3v) is 1.58. The third-order valence-electron chi connectivity index (χ3n) is 1.58. The Morgan fingerprint density at radius 2 is 2.09 bits per heavy atom. The van der Waals surface area contributed by atoms with Gasteiger partial charge in [-0.1, -0.05) is 19.8 Å². The minimum absolute atomic E-state index is 0.368. The SMILES string of the molecule is CCCCCC1(O)OC(=O)O1. The summed E-state index contributed by atoms with van der Waals surface area (Å²) in [6.45, 7) is 2.05. The van der Waals surface area contributed by atoms with E-state index in [1.165, 1.54) is 0 Å². The number of cyclic esters (lactones) is 2. The molecule has 1 aliphatic heterocycles. The van der Waals surface area contributed by atoms with E-state index in [1.54, 1.807) is 0 Å². The zero-order chi connectivity index (χ0) is 8.32. The summed E-state index contributed by atoms with van der Waals surface area (Å²) in [6.07, 6.45) is 2.45. The first-order valence-electron chi connectivity index (χ1n) is 3.80. The zero-order valence-electron chi connectivity index (χ0n) is 6.50. The number of hydrogen-bond donors (Lipinski definition) is 1. The summed E-state index contributed by atoms with van der Waals surface area (Å²) in [5, 5.41) is 9.14. The summed E-state index contributed by atoms with van der Waals surface area (Å²) < 4.78 is 8.74. The van der Waals surface area contributed by atoms with Crippen molar-refractivity contribution in [1.82, 2.24) is 0 Å². The second-order valence-electron chi connectivity index (χ2n) is 2.62. The van der Waals surface area contributed by atoms with Crippen molar-refractivity contribution in [2.45, 2.75) is 38.6 Å². The predicted molar refractivity (Wildman–Crippen MR) is 36.7 cm³/mol. The molecule has 0 aromatic carbocycles. The van der Waals surface area contributed by atoms with E-state index in [2.05, 4.69) is 16.4 Å². The molecular weight excluding hydrogens is 148 g/mol. The molecule has 1 N–H and O–H groups in total. The van der Waals surface area contributed by atoms with Crippen LogP contribution in [0.25, 0.3) is 0 Å². The number of unbranched alkanes of at least 4 members (excludes halogenated alkanes) is 2. The summed E-state index contributed by atoms with van der Waals surface area (Å²) >= 11 is 0. The van der Waals surface area contributed by atoms with Crippen LogP contribution in [0.1, 0.15) is 32.6 Å². The van der Waals surface area contributed by atoms with Crippen LogP contribution in [-0.2, 0) is 9.47 Å². The van der Waals surface area contributed by atoms with Crippen LogP contribution in [0.15, 0.2) is 0 Å². The summed E-state index contributed by atoms with van der Waals surface area (Å²) in [4.78, 5) is 10.1. The second kappa shape index (κ2) is 3.09. The molecule has 1 aliphatic rings. The molecule has 1 fully saturated rings. The maximum atomic E-state index is 10.1. The first-order valence-corrected chi connectivity index (χ1v) is 3.80. The summed E-state index contributed by atoms with van der Waals surface area (Å²) in [6, 6.07) is 0. The van der Waals surface area contributed by atoms with E-state index in [1.807, 2.05) is 0 Å². The number of carbonyl (C=O) groups is 1. The van der Waals surface area contributed by atoms with Gasteiger partial charge in [0, 0.05) is 0 Å². The number of carbonyl (C=O) groups excluding carboxylic acids is 1. The van der Waals surface area contributed by atoms with E-state index in [-0.39, 0.29) is 0 Å². The molecule has 0 amide bonds. The fourth-order valence-corrected chi connectivity index (χ4v) is 0.969. The zero-order valence-corrected chi connectivity index (χ0v) is 6.50. The molecule has 0 radical (unpaired) electrons. The fraction of sp³-hybridized carbons (Fsp3) is 0.857. The van der Waals surface area contributed by atoms with Crippen LogP contribution in [0, 0.1) is 0 Å². The Balaban J connectivity index is 2.11. The van der Waals surface area contributed by atoms with Crippen LogP contribution < -0.4 is 0 Å². The van der Waals surface area contributed by atoms with Crippen LogP contribution in [0.2, 0.25) is 0 Å². The lowest BCUT2D eigenvalue weighted by Crippen LogP contribution is -2.49. The van der Waals surface area contributed by atoms with Gasteiger partial charge in [0.25, 0.3) is 0 Å². The third kappa shape index (κ3) is 2.08. The monoisotopic (exact) mass is 160 g/mol. The molecule has 4 heteroatoms. The summed E-state index contributed by atoms with van der Waals surface area (Å²) in [5.74, 6) is -1.60. The first-order chi connectivity index (χ1) is 5.16. The molecule has 0 aromatic heterocycles. The molecule has 0 bridgehead atoms. The van der Waals surface area contributed by atoms with Crippen molar-refractivity contribution in [3.05, 3.63) is 0 Å². The van der Waals surface area contributed by atoms with E-state index in [0.29, 0.717) is 6.42 Å². The standard InChI is InChI=1S/C7H12O4/c1-2-3-4-5-7(9)10-6(8)11-7/h9H,2-5H2,1H3. The summed E-state index contributed by atoms with van der Waals surface area (Å²) in [7, 11) is 0. The van der Waals surface area contributed by atoms with Crippen molar-refractivity contribution in [1.29, 1.82) is 0 Å². The Bertz CT molecular complexity index is 147. The molecule has 1 heterocycles. The van der Waals surface area contributed by atoms with E-state index < -0.39 is 12.1 Å². The van der Waals surface area contributed by atoms with Crippen molar-refractivity contribution < 1.29 is 19.4 Å². The number of hydrogen-bond acceptors (Lipinski definition) is 4. The first kappa shape index (κ1) is 8.33. The van der Waals surface area contributed by atoms with Gasteiger partial charge in [0.1, 0.15) is 0 Å². The lowest BCUT2D eigenvalue weighted by Gasteiger charge is -2.33. The lowest BCUT2D eigenvalue weighted by molar-refractivity contribution is -0.388. The van der Waals surface area contributed by atoms with Gasteiger partial charge in [-0.05, 0) is 6.42 Å². The van der Waals surface area contributed by atoms with Gasteiger partial charge in [-0.3, -0.25) is 0 Å². The summed E-state index contributed by atoms with van der Waals surface area (Å²) in [5.41, 5.74) is 0. The Kier molecular flexibility index (Phi) is 2.34. The fourth-order valence-electron chi connectivity index (χ4n) is 0.969. The predicted octanol–water partition coefficient (Wildman–Crippen LogP) is 1.38. The molecule has 1 saturated heterocycles. The highest BCUT2D eigenvalue weighted by Crippen LogP contribution is 2.27. The molecule has 0 unspecified atom stereocenters. The molecule has 0 spiro atoms. The van der Waals surface area contributed by atoms with E-state index in [0.717, 1.165) is 19.3 Å². The highest BCUT2D eigenvalue weighted by molar-refractivity contribution is 5.64. The largest absolute Gasteiger partial charge is 0.518 e. The quantitative estimate of drug-likeness (QED) is 0.498. The van der Waals surface area contributed by atoms with Gasteiger partial charge in [0.2, 0.25) is 0 Å². The molecule has 1 rings (SSSR count). The van der Waals surface area contributed by atoms with E-state index >= 15 is 0 Å². The average Bonchev–Trinajstić information content (AvgIpc) is 1.85. The number of aliphatic hydroxyl groups is 1. The van der Waals surface area contributed by atoms with Gasteiger partial charge in [-0.25, -0.2) is 4.79 Å². The van der Waals surface area contributed by atoms with Crippen LogP contribution in [-0.4, -0.2) is 17.2 Å². The molecule has 0 atom stereocenters. The molecule has 4 nitrogen and oxygen atoms in total.